The topological polar surface area (TPSA) is 44.1 Å². The van der Waals surface area contributed by atoms with Crippen LogP contribution in [-0.2, 0) is 4.74 Å². The normalized spacial score (nSPS) is 12.2. The van der Waals surface area contributed by atoms with Gasteiger partial charge < -0.3 is 9.30 Å². The molecule has 1 atom stereocenters. The number of carbonyl (C=O) groups excluding carboxylic acids is 1. The van der Waals surface area contributed by atoms with Crippen molar-refractivity contribution in [2.75, 3.05) is 7.11 Å². The van der Waals surface area contributed by atoms with Crippen LogP contribution in [-0.4, -0.2) is 22.6 Å². The third-order valence-electron chi connectivity index (χ3n) is 2.83. The van der Waals surface area contributed by atoms with Gasteiger partial charge in [-0.25, -0.2) is 9.78 Å². The van der Waals surface area contributed by atoms with Gasteiger partial charge in [-0.15, -0.1) is 0 Å². The predicted molar refractivity (Wildman–Crippen MR) is 71.5 cm³/mol. The van der Waals surface area contributed by atoms with Crippen molar-refractivity contribution < 1.29 is 9.53 Å². The van der Waals surface area contributed by atoms with Gasteiger partial charge in [-0.2, -0.15) is 0 Å². The molecule has 0 spiro atoms. The highest BCUT2D eigenvalue weighted by atomic mass is 79.9. The molecule has 18 heavy (non-hydrogen) atoms. The number of ether oxygens (including phenoxy) is 1. The number of hydrogen-bond donors (Lipinski definition) is 0. The number of hydrogen-bond acceptors (Lipinski definition) is 3. The fourth-order valence-corrected chi connectivity index (χ4v) is 2.27. The van der Waals surface area contributed by atoms with Gasteiger partial charge in [-0.3, -0.25) is 0 Å². The van der Waals surface area contributed by atoms with E-state index in [4.69, 9.17) is 4.74 Å². The first-order valence-corrected chi connectivity index (χ1v) is 6.30. The number of aromatic nitrogens is 2. The Balaban J connectivity index is 2.43. The van der Waals surface area contributed by atoms with Crippen LogP contribution in [0.1, 0.15) is 29.0 Å². The van der Waals surface area contributed by atoms with Crippen LogP contribution in [0.4, 0.5) is 0 Å². The van der Waals surface area contributed by atoms with E-state index in [1.54, 1.807) is 10.9 Å². The molecule has 0 bridgehead atoms. The summed E-state index contributed by atoms with van der Waals surface area (Å²) in [5.41, 5.74) is 1.53. The second kappa shape index (κ2) is 5.35. The van der Waals surface area contributed by atoms with Gasteiger partial charge in [0.1, 0.15) is 4.60 Å². The van der Waals surface area contributed by atoms with E-state index in [1.807, 2.05) is 37.3 Å². The Hall–Kier alpha value is -1.62. The second-order valence-electron chi connectivity index (χ2n) is 3.87. The zero-order valence-corrected chi connectivity index (χ0v) is 11.7. The van der Waals surface area contributed by atoms with Gasteiger partial charge in [0.2, 0.25) is 0 Å². The van der Waals surface area contributed by atoms with E-state index in [9.17, 15) is 4.79 Å². The molecular weight excluding hydrogens is 296 g/mol. The van der Waals surface area contributed by atoms with Crippen LogP contribution < -0.4 is 0 Å². The van der Waals surface area contributed by atoms with Crippen LogP contribution >= 0.6 is 15.9 Å². The maximum absolute atomic E-state index is 11.7. The number of halogens is 1. The summed E-state index contributed by atoms with van der Waals surface area (Å²) in [6.45, 7) is 2.01. The maximum Gasteiger partial charge on any atom is 0.357 e. The molecule has 0 amide bonds. The van der Waals surface area contributed by atoms with Crippen molar-refractivity contribution in [3.05, 3.63) is 52.5 Å². The van der Waals surface area contributed by atoms with Crippen molar-refractivity contribution in [2.45, 2.75) is 13.0 Å². The highest BCUT2D eigenvalue weighted by molar-refractivity contribution is 9.10. The molecule has 0 N–H and O–H groups in total. The Morgan fingerprint density at radius 1 is 1.39 bits per heavy atom. The molecule has 5 heteroatoms. The lowest BCUT2D eigenvalue weighted by atomic mass is 10.1. The van der Waals surface area contributed by atoms with Gasteiger partial charge in [0.25, 0.3) is 0 Å². The van der Waals surface area contributed by atoms with Gasteiger partial charge in [-0.1, -0.05) is 30.3 Å². The largest absolute Gasteiger partial charge is 0.464 e. The lowest BCUT2D eigenvalue weighted by molar-refractivity contribution is 0.0586. The van der Waals surface area contributed by atoms with Crippen LogP contribution in [0.2, 0.25) is 0 Å². The standard InChI is InChI=1S/C13H13BrN2O2/c1-9(10-6-4-3-5-7-10)16-8-15-12(14)11(16)13(17)18-2/h3-9H,1-2H3/t9-/m1/s1. The first kappa shape index (κ1) is 12.8. The first-order valence-electron chi connectivity index (χ1n) is 5.50. The van der Waals surface area contributed by atoms with Gasteiger partial charge in [0.05, 0.1) is 19.5 Å². The number of carbonyl (C=O) groups is 1. The Bertz CT molecular complexity index is 551. The summed E-state index contributed by atoms with van der Waals surface area (Å²) in [5.74, 6) is -0.401. The molecule has 1 aromatic heterocycles. The summed E-state index contributed by atoms with van der Waals surface area (Å²) in [6.07, 6.45) is 1.63. The molecule has 2 aromatic rings. The quantitative estimate of drug-likeness (QED) is 0.819. The monoisotopic (exact) mass is 308 g/mol. The fraction of sp³-hybridized carbons (Fsp3) is 0.231. The summed E-state index contributed by atoms with van der Waals surface area (Å²) in [5, 5.41) is 0. The molecule has 94 valence electrons. The number of esters is 1. The van der Waals surface area contributed by atoms with E-state index in [0.29, 0.717) is 10.3 Å². The molecule has 0 saturated carbocycles. The minimum Gasteiger partial charge on any atom is -0.464 e. The number of benzene rings is 1. The Morgan fingerprint density at radius 2 is 2.06 bits per heavy atom. The van der Waals surface area contributed by atoms with Crippen LogP contribution in [0.5, 0.6) is 0 Å². The number of nitrogens with zero attached hydrogens (tertiary/aromatic N) is 2. The molecule has 0 fully saturated rings. The summed E-state index contributed by atoms with van der Waals surface area (Å²) in [7, 11) is 1.36. The average molecular weight is 309 g/mol. The molecule has 0 saturated heterocycles. The van der Waals surface area contributed by atoms with Crippen molar-refractivity contribution in [1.29, 1.82) is 0 Å². The van der Waals surface area contributed by atoms with Crippen molar-refractivity contribution in [1.82, 2.24) is 9.55 Å². The Labute approximate surface area is 114 Å². The number of rotatable bonds is 3. The molecular formula is C13H13BrN2O2. The molecule has 0 aliphatic heterocycles. The van der Waals surface area contributed by atoms with Gasteiger partial charge in [0, 0.05) is 0 Å². The van der Waals surface area contributed by atoms with E-state index in [2.05, 4.69) is 20.9 Å². The first-order chi connectivity index (χ1) is 8.65. The smallest absolute Gasteiger partial charge is 0.357 e. The lowest BCUT2D eigenvalue weighted by Crippen LogP contribution is -2.14. The highest BCUT2D eigenvalue weighted by Crippen LogP contribution is 2.24. The molecule has 4 nitrogen and oxygen atoms in total. The van der Waals surface area contributed by atoms with E-state index < -0.39 is 5.97 Å². The van der Waals surface area contributed by atoms with E-state index in [-0.39, 0.29) is 6.04 Å². The van der Waals surface area contributed by atoms with Gasteiger partial charge >= 0.3 is 5.97 Å². The zero-order chi connectivity index (χ0) is 13.1. The molecule has 2 rings (SSSR count). The van der Waals surface area contributed by atoms with Crippen LogP contribution in [0.3, 0.4) is 0 Å². The zero-order valence-electron chi connectivity index (χ0n) is 10.1. The maximum atomic E-state index is 11.7. The van der Waals surface area contributed by atoms with Crippen molar-refractivity contribution in [3.8, 4) is 0 Å². The van der Waals surface area contributed by atoms with Crippen LogP contribution in [0.15, 0.2) is 41.3 Å². The molecule has 0 radical (unpaired) electrons. The molecule has 0 aliphatic carbocycles. The minimum atomic E-state index is -0.401. The van der Waals surface area contributed by atoms with Crippen molar-refractivity contribution in [3.63, 3.8) is 0 Å². The summed E-state index contributed by atoms with van der Waals surface area (Å²) in [6, 6.07) is 9.94. The Morgan fingerprint density at radius 3 is 2.67 bits per heavy atom. The average Bonchev–Trinajstić information content (AvgIpc) is 2.80. The van der Waals surface area contributed by atoms with E-state index in [0.717, 1.165) is 5.56 Å². The van der Waals surface area contributed by atoms with Gasteiger partial charge in [-0.05, 0) is 28.4 Å². The molecule has 0 aliphatic rings. The van der Waals surface area contributed by atoms with E-state index in [1.165, 1.54) is 7.11 Å². The molecule has 1 aromatic carbocycles. The summed E-state index contributed by atoms with van der Waals surface area (Å²) >= 11 is 3.27. The SMILES string of the molecule is COC(=O)c1c(Br)ncn1[C@H](C)c1ccccc1. The third-order valence-corrected chi connectivity index (χ3v) is 3.41. The Kier molecular flexibility index (Phi) is 3.81. The van der Waals surface area contributed by atoms with E-state index >= 15 is 0 Å². The third kappa shape index (κ3) is 2.31. The molecule has 1 heterocycles. The minimum absolute atomic E-state index is 0.0131. The number of imidazole rings is 1. The highest BCUT2D eigenvalue weighted by Gasteiger charge is 2.21. The van der Waals surface area contributed by atoms with Crippen LogP contribution in [0.25, 0.3) is 0 Å². The summed E-state index contributed by atoms with van der Waals surface area (Å²) in [4.78, 5) is 15.8. The second-order valence-corrected chi connectivity index (χ2v) is 4.62. The lowest BCUT2D eigenvalue weighted by Gasteiger charge is -2.16. The van der Waals surface area contributed by atoms with Crippen molar-refractivity contribution in [2.24, 2.45) is 0 Å². The number of methoxy groups -OCH3 is 1. The predicted octanol–water partition coefficient (Wildman–Crippen LogP) is 3.04. The van der Waals surface area contributed by atoms with Crippen LogP contribution in [0, 0.1) is 0 Å². The van der Waals surface area contributed by atoms with Gasteiger partial charge in [0.15, 0.2) is 5.69 Å². The fourth-order valence-electron chi connectivity index (χ4n) is 1.81. The summed E-state index contributed by atoms with van der Waals surface area (Å²) < 4.78 is 7.07. The van der Waals surface area contributed by atoms with Crippen molar-refractivity contribution >= 4 is 21.9 Å². The molecule has 0 unspecified atom stereocenters.